The first kappa shape index (κ1) is 32.8. The lowest BCUT2D eigenvalue weighted by molar-refractivity contribution is 0.591. The average molecular weight is 748 g/mol. The van der Waals surface area contributed by atoms with E-state index in [1.54, 1.807) is 0 Å². The Morgan fingerprint density at radius 3 is 2.21 bits per heavy atom. The van der Waals surface area contributed by atoms with Gasteiger partial charge in [0, 0.05) is 60.8 Å². The average Bonchev–Trinajstić information content (AvgIpc) is 4.02. The monoisotopic (exact) mass is 747 g/mol. The van der Waals surface area contributed by atoms with Crippen molar-refractivity contribution in [2.24, 2.45) is 0 Å². The van der Waals surface area contributed by atoms with Gasteiger partial charge in [0.15, 0.2) is 0 Å². The normalized spacial score (nSPS) is 12.4. The van der Waals surface area contributed by atoms with E-state index in [1.807, 2.05) is 24.4 Å². The second-order valence-electron chi connectivity index (χ2n) is 16.4. The summed E-state index contributed by atoms with van der Waals surface area (Å²) in [5.74, 6) is 1.76. The van der Waals surface area contributed by atoms with Gasteiger partial charge in [-0.1, -0.05) is 106 Å². The minimum absolute atomic E-state index is 0.0200. The number of benzene rings is 7. The van der Waals surface area contributed by atoms with Crippen LogP contribution in [0.15, 0.2) is 168 Å². The van der Waals surface area contributed by atoms with Crippen molar-refractivity contribution in [2.45, 2.75) is 26.2 Å². The van der Waals surface area contributed by atoms with Crippen molar-refractivity contribution in [2.75, 3.05) is 0 Å². The Bertz CT molecular complexity index is 3610. The lowest BCUT2D eigenvalue weighted by atomic mass is 9.86. The SMILES string of the molecule is CC(C)(C)c1ccc2c(c1)c1ccc(-c3cccc4c3nc(-c3cccc5c3[nH]c3ccccc35)n4-c3ccc4oc5ccccc5c4c3)cc1n2-c1ccccn1. The Kier molecular flexibility index (Phi) is 6.80. The maximum absolute atomic E-state index is 6.28. The maximum Gasteiger partial charge on any atom is 0.147 e. The van der Waals surface area contributed by atoms with E-state index in [4.69, 9.17) is 14.4 Å². The number of H-pyrrole nitrogens is 1. The number of aromatic nitrogens is 5. The lowest BCUT2D eigenvalue weighted by Gasteiger charge is -2.19. The molecule has 6 heteroatoms. The van der Waals surface area contributed by atoms with Gasteiger partial charge in [0.1, 0.15) is 22.8 Å². The first-order valence-electron chi connectivity index (χ1n) is 19.8. The Morgan fingerprint density at radius 1 is 0.534 bits per heavy atom. The highest BCUT2D eigenvalue weighted by molar-refractivity contribution is 6.13. The summed E-state index contributed by atoms with van der Waals surface area (Å²) in [7, 11) is 0. The van der Waals surface area contributed by atoms with E-state index in [-0.39, 0.29) is 5.41 Å². The summed E-state index contributed by atoms with van der Waals surface area (Å²) in [6.45, 7) is 6.81. The molecule has 7 aromatic carbocycles. The van der Waals surface area contributed by atoms with Crippen molar-refractivity contribution in [3.05, 3.63) is 169 Å². The molecule has 5 aromatic heterocycles. The molecular weight excluding hydrogens is 711 g/mol. The first-order chi connectivity index (χ1) is 28.4. The summed E-state index contributed by atoms with van der Waals surface area (Å²) in [6, 6.07) is 56.1. The largest absolute Gasteiger partial charge is 0.456 e. The number of fused-ring (bicyclic) bond motifs is 10. The fraction of sp³-hybridized carbons (Fsp3) is 0.0769. The van der Waals surface area contributed by atoms with E-state index in [2.05, 4.69) is 174 Å². The molecule has 6 nitrogen and oxygen atoms in total. The van der Waals surface area contributed by atoms with Gasteiger partial charge in [0.2, 0.25) is 0 Å². The highest BCUT2D eigenvalue weighted by Gasteiger charge is 2.23. The Morgan fingerprint density at radius 2 is 1.33 bits per heavy atom. The molecule has 0 saturated heterocycles. The Labute approximate surface area is 333 Å². The lowest BCUT2D eigenvalue weighted by Crippen LogP contribution is -2.10. The molecule has 0 unspecified atom stereocenters. The molecular formula is C52H37N5O. The second-order valence-corrected chi connectivity index (χ2v) is 16.4. The van der Waals surface area contributed by atoms with Crippen LogP contribution in [-0.4, -0.2) is 24.1 Å². The van der Waals surface area contributed by atoms with Crippen LogP contribution in [-0.2, 0) is 5.41 Å². The Hall–Kier alpha value is -7.44. The van der Waals surface area contributed by atoms with Gasteiger partial charge in [-0.3, -0.25) is 9.13 Å². The number of pyridine rings is 1. The summed E-state index contributed by atoms with van der Waals surface area (Å²) >= 11 is 0. The standard InChI is InChI=1S/C52H37N5O/c1-52(2,3)32-22-25-43-40(29-32)36-24-21-31(28-45(36)57(43)48-20-8-9-27-53-48)34-14-11-18-44-50(34)55-51(39-16-10-15-38-35-12-4-6-17-42(35)54-49(38)39)56(44)33-23-26-47-41(30-33)37-13-5-7-19-46(37)58-47/h4-30,54H,1-3H3. The fourth-order valence-corrected chi connectivity index (χ4v) is 9.07. The van der Waals surface area contributed by atoms with E-state index in [1.165, 1.54) is 27.1 Å². The molecule has 0 amide bonds. The molecule has 12 aromatic rings. The summed E-state index contributed by atoms with van der Waals surface area (Å²) < 4.78 is 10.9. The topological polar surface area (TPSA) is 64.6 Å². The molecule has 0 spiro atoms. The molecule has 0 saturated carbocycles. The summed E-state index contributed by atoms with van der Waals surface area (Å²) in [6.07, 6.45) is 1.87. The predicted octanol–water partition coefficient (Wildman–Crippen LogP) is 13.7. The molecule has 276 valence electrons. The third kappa shape index (κ3) is 4.78. The number of nitrogens with one attached hydrogen (secondary N) is 1. The van der Waals surface area contributed by atoms with Gasteiger partial charge in [-0.15, -0.1) is 0 Å². The molecule has 5 heterocycles. The summed E-state index contributed by atoms with van der Waals surface area (Å²) in [5.41, 5.74) is 13.6. The first-order valence-corrected chi connectivity index (χ1v) is 19.8. The van der Waals surface area contributed by atoms with Crippen molar-refractivity contribution in [1.29, 1.82) is 0 Å². The van der Waals surface area contributed by atoms with Crippen LogP contribution in [0.2, 0.25) is 0 Å². The van der Waals surface area contributed by atoms with E-state index < -0.39 is 0 Å². The van der Waals surface area contributed by atoms with E-state index >= 15 is 0 Å². The maximum atomic E-state index is 6.28. The zero-order valence-corrected chi connectivity index (χ0v) is 32.3. The van der Waals surface area contributed by atoms with Crippen LogP contribution in [0.1, 0.15) is 26.3 Å². The Balaban J connectivity index is 1.14. The van der Waals surface area contributed by atoms with Crippen LogP contribution in [0.3, 0.4) is 0 Å². The number of para-hydroxylation sites is 4. The van der Waals surface area contributed by atoms with Crippen LogP contribution in [0, 0.1) is 0 Å². The fourth-order valence-electron chi connectivity index (χ4n) is 9.07. The highest BCUT2D eigenvalue weighted by Crippen LogP contribution is 2.42. The number of nitrogens with zero attached hydrogens (tertiary/aromatic N) is 4. The summed E-state index contributed by atoms with van der Waals surface area (Å²) in [4.78, 5) is 14.2. The molecule has 0 aliphatic rings. The van der Waals surface area contributed by atoms with Crippen LogP contribution < -0.4 is 0 Å². The third-order valence-corrected chi connectivity index (χ3v) is 11.9. The number of hydrogen-bond donors (Lipinski definition) is 1. The minimum atomic E-state index is 0.0200. The van der Waals surface area contributed by atoms with Crippen LogP contribution in [0.25, 0.3) is 111 Å². The summed E-state index contributed by atoms with van der Waals surface area (Å²) in [5, 5.41) is 6.95. The molecule has 12 rings (SSSR count). The predicted molar refractivity (Wildman–Crippen MR) is 239 cm³/mol. The van der Waals surface area contributed by atoms with E-state index in [0.29, 0.717) is 0 Å². The molecule has 0 bridgehead atoms. The minimum Gasteiger partial charge on any atom is -0.456 e. The molecule has 0 fully saturated rings. The molecule has 0 aliphatic heterocycles. The van der Waals surface area contributed by atoms with Gasteiger partial charge in [0.25, 0.3) is 0 Å². The van der Waals surface area contributed by atoms with E-state index in [9.17, 15) is 0 Å². The van der Waals surface area contributed by atoms with Crippen molar-refractivity contribution in [3.8, 4) is 34.0 Å². The van der Waals surface area contributed by atoms with Crippen LogP contribution in [0.5, 0.6) is 0 Å². The number of hydrogen-bond acceptors (Lipinski definition) is 3. The molecule has 58 heavy (non-hydrogen) atoms. The molecule has 1 N–H and O–H groups in total. The third-order valence-electron chi connectivity index (χ3n) is 11.9. The van der Waals surface area contributed by atoms with Crippen LogP contribution in [0.4, 0.5) is 0 Å². The molecule has 0 aliphatic carbocycles. The second kappa shape index (κ2) is 12.0. The van der Waals surface area contributed by atoms with Gasteiger partial charge in [-0.2, -0.15) is 0 Å². The van der Waals surface area contributed by atoms with Gasteiger partial charge in [-0.05, 0) is 89.3 Å². The van der Waals surface area contributed by atoms with E-state index in [0.717, 1.165) is 89.1 Å². The highest BCUT2D eigenvalue weighted by atomic mass is 16.3. The van der Waals surface area contributed by atoms with Crippen molar-refractivity contribution >= 4 is 76.6 Å². The smallest absolute Gasteiger partial charge is 0.147 e. The van der Waals surface area contributed by atoms with Crippen LogP contribution >= 0.6 is 0 Å². The zero-order valence-electron chi connectivity index (χ0n) is 32.3. The number of imidazole rings is 1. The van der Waals surface area contributed by atoms with Gasteiger partial charge >= 0.3 is 0 Å². The number of furan rings is 1. The zero-order chi connectivity index (χ0) is 38.7. The van der Waals surface area contributed by atoms with Gasteiger partial charge < -0.3 is 9.40 Å². The van der Waals surface area contributed by atoms with Crippen molar-refractivity contribution in [1.82, 2.24) is 24.1 Å². The number of aromatic amines is 1. The molecule has 0 atom stereocenters. The quantitative estimate of drug-likeness (QED) is 0.195. The molecule has 0 radical (unpaired) electrons. The van der Waals surface area contributed by atoms with Gasteiger partial charge in [0.05, 0.1) is 27.6 Å². The van der Waals surface area contributed by atoms with Crippen molar-refractivity contribution < 1.29 is 4.42 Å². The van der Waals surface area contributed by atoms with Gasteiger partial charge in [-0.25, -0.2) is 9.97 Å². The number of rotatable bonds is 4. The van der Waals surface area contributed by atoms with Crippen molar-refractivity contribution in [3.63, 3.8) is 0 Å².